The molecule has 2 unspecified atom stereocenters. The molecule has 140 valence electrons. The van der Waals surface area contributed by atoms with Gasteiger partial charge in [-0.2, -0.15) is 5.10 Å². The molecular formula is C19H26FN5O. The second kappa shape index (κ2) is 8.42. The van der Waals surface area contributed by atoms with E-state index in [1.807, 2.05) is 10.9 Å². The summed E-state index contributed by atoms with van der Waals surface area (Å²) in [4.78, 5) is 12.0. The zero-order valence-electron chi connectivity index (χ0n) is 15.2. The van der Waals surface area contributed by atoms with Gasteiger partial charge in [-0.25, -0.2) is 4.39 Å². The van der Waals surface area contributed by atoms with Crippen molar-refractivity contribution in [3.8, 4) is 11.1 Å². The second-order valence-electron chi connectivity index (χ2n) is 6.94. The fraction of sp³-hybridized carbons (Fsp3) is 0.474. The minimum atomic E-state index is -0.250. The lowest BCUT2D eigenvalue weighted by Gasteiger charge is -2.18. The van der Waals surface area contributed by atoms with Crippen molar-refractivity contribution < 1.29 is 9.18 Å². The van der Waals surface area contributed by atoms with Crippen LogP contribution in [0.1, 0.15) is 26.7 Å². The Kier molecular flexibility index (Phi) is 6.00. The molecule has 2 heterocycles. The Morgan fingerprint density at radius 3 is 2.58 bits per heavy atom. The summed E-state index contributed by atoms with van der Waals surface area (Å²) in [5, 5.41) is 7.34. The summed E-state index contributed by atoms with van der Waals surface area (Å²) in [6, 6.07) is 7.04. The van der Waals surface area contributed by atoms with Gasteiger partial charge in [0.15, 0.2) is 0 Å². The number of hydrazine groups is 1. The molecule has 1 aliphatic rings. The van der Waals surface area contributed by atoms with E-state index in [0.29, 0.717) is 37.5 Å². The van der Waals surface area contributed by atoms with Crippen molar-refractivity contribution in [2.75, 3.05) is 6.54 Å². The maximum absolute atomic E-state index is 13.0. The SMILES string of the molecule is CC1NNC(C)C1CNC(=O)CCCn1cc(-c2ccc(F)cc2)cn1. The van der Waals surface area contributed by atoms with E-state index in [0.717, 1.165) is 17.5 Å². The van der Waals surface area contributed by atoms with Crippen LogP contribution in [0.25, 0.3) is 11.1 Å². The molecule has 1 saturated heterocycles. The first-order valence-corrected chi connectivity index (χ1v) is 9.09. The van der Waals surface area contributed by atoms with Crippen LogP contribution in [0.15, 0.2) is 36.7 Å². The van der Waals surface area contributed by atoms with Crippen LogP contribution in [0.4, 0.5) is 4.39 Å². The van der Waals surface area contributed by atoms with E-state index >= 15 is 0 Å². The Labute approximate surface area is 153 Å². The number of carbonyl (C=O) groups excluding carboxylic acids is 1. The Balaban J connectivity index is 1.41. The van der Waals surface area contributed by atoms with E-state index in [2.05, 4.69) is 35.1 Å². The summed E-state index contributed by atoms with van der Waals surface area (Å²) in [6.45, 7) is 5.58. The van der Waals surface area contributed by atoms with Crippen LogP contribution in [-0.4, -0.2) is 34.3 Å². The van der Waals surface area contributed by atoms with E-state index < -0.39 is 0 Å². The molecule has 7 heteroatoms. The Morgan fingerprint density at radius 1 is 1.19 bits per heavy atom. The number of amides is 1. The number of hydrogen-bond acceptors (Lipinski definition) is 4. The molecule has 0 bridgehead atoms. The highest BCUT2D eigenvalue weighted by molar-refractivity contribution is 5.75. The van der Waals surface area contributed by atoms with Gasteiger partial charge >= 0.3 is 0 Å². The number of hydrogen-bond donors (Lipinski definition) is 3. The lowest BCUT2D eigenvalue weighted by Crippen LogP contribution is -2.37. The molecule has 1 aliphatic heterocycles. The van der Waals surface area contributed by atoms with Gasteiger partial charge < -0.3 is 5.32 Å². The third-order valence-electron chi connectivity index (χ3n) is 4.96. The molecule has 1 fully saturated rings. The predicted molar refractivity (Wildman–Crippen MR) is 98.6 cm³/mol. The molecule has 0 saturated carbocycles. The second-order valence-corrected chi connectivity index (χ2v) is 6.94. The number of rotatable bonds is 7. The Bertz CT molecular complexity index is 720. The minimum absolute atomic E-state index is 0.0715. The predicted octanol–water partition coefficient (Wildman–Crippen LogP) is 2.09. The lowest BCUT2D eigenvalue weighted by atomic mass is 9.97. The number of benzene rings is 1. The van der Waals surface area contributed by atoms with Crippen molar-refractivity contribution >= 4 is 5.91 Å². The highest BCUT2D eigenvalue weighted by Crippen LogP contribution is 2.19. The molecule has 6 nitrogen and oxygen atoms in total. The van der Waals surface area contributed by atoms with Crippen LogP contribution in [0.5, 0.6) is 0 Å². The molecule has 3 rings (SSSR count). The summed E-state index contributed by atoms with van der Waals surface area (Å²) in [5.74, 6) is 0.214. The average Bonchev–Trinajstić information content (AvgIpc) is 3.21. The fourth-order valence-electron chi connectivity index (χ4n) is 3.26. The molecule has 0 aliphatic carbocycles. The van der Waals surface area contributed by atoms with Gasteiger partial charge in [0.25, 0.3) is 0 Å². The number of aryl methyl sites for hydroxylation is 1. The van der Waals surface area contributed by atoms with Crippen LogP contribution in [-0.2, 0) is 11.3 Å². The van der Waals surface area contributed by atoms with Gasteiger partial charge in [0.05, 0.1) is 6.20 Å². The van der Waals surface area contributed by atoms with Crippen LogP contribution in [0.2, 0.25) is 0 Å². The van der Waals surface area contributed by atoms with E-state index in [9.17, 15) is 9.18 Å². The summed E-state index contributed by atoms with van der Waals surface area (Å²) >= 11 is 0. The maximum atomic E-state index is 13.0. The van der Waals surface area contributed by atoms with E-state index in [-0.39, 0.29) is 11.7 Å². The molecule has 1 aromatic heterocycles. The van der Waals surface area contributed by atoms with Gasteiger partial charge in [0, 0.05) is 49.3 Å². The molecule has 3 N–H and O–H groups in total. The molecular weight excluding hydrogens is 333 g/mol. The molecule has 0 radical (unpaired) electrons. The first-order valence-electron chi connectivity index (χ1n) is 9.09. The van der Waals surface area contributed by atoms with Crippen molar-refractivity contribution in [2.45, 2.75) is 45.3 Å². The number of carbonyl (C=O) groups is 1. The van der Waals surface area contributed by atoms with Gasteiger partial charge in [-0.05, 0) is 38.0 Å². The first kappa shape index (κ1) is 18.5. The normalized spacial score (nSPS) is 22.5. The smallest absolute Gasteiger partial charge is 0.220 e. The number of nitrogens with zero attached hydrogens (tertiary/aromatic N) is 2. The highest BCUT2D eigenvalue weighted by atomic mass is 19.1. The van der Waals surface area contributed by atoms with Crippen LogP contribution in [0, 0.1) is 11.7 Å². The highest BCUT2D eigenvalue weighted by Gasteiger charge is 2.29. The van der Waals surface area contributed by atoms with Crippen molar-refractivity contribution in [2.24, 2.45) is 5.92 Å². The summed E-state index contributed by atoms with van der Waals surface area (Å²) < 4.78 is 14.8. The van der Waals surface area contributed by atoms with Crippen molar-refractivity contribution in [1.82, 2.24) is 25.9 Å². The van der Waals surface area contributed by atoms with Gasteiger partial charge in [-0.1, -0.05) is 12.1 Å². The summed E-state index contributed by atoms with van der Waals surface area (Å²) in [5.41, 5.74) is 8.26. The third kappa shape index (κ3) is 4.68. The lowest BCUT2D eigenvalue weighted by molar-refractivity contribution is -0.121. The van der Waals surface area contributed by atoms with Crippen LogP contribution >= 0.6 is 0 Å². The topological polar surface area (TPSA) is 71.0 Å². The van der Waals surface area contributed by atoms with Crippen molar-refractivity contribution in [3.05, 3.63) is 42.5 Å². The van der Waals surface area contributed by atoms with Crippen molar-refractivity contribution in [1.29, 1.82) is 0 Å². The zero-order valence-corrected chi connectivity index (χ0v) is 15.2. The minimum Gasteiger partial charge on any atom is -0.356 e. The molecule has 1 aromatic carbocycles. The maximum Gasteiger partial charge on any atom is 0.220 e. The van der Waals surface area contributed by atoms with Gasteiger partial charge in [0.2, 0.25) is 5.91 Å². The third-order valence-corrected chi connectivity index (χ3v) is 4.96. The number of aromatic nitrogens is 2. The average molecular weight is 359 g/mol. The zero-order chi connectivity index (χ0) is 18.5. The first-order chi connectivity index (χ1) is 12.5. The monoisotopic (exact) mass is 359 g/mol. The number of halogens is 1. The quantitative estimate of drug-likeness (QED) is 0.708. The van der Waals surface area contributed by atoms with Crippen LogP contribution < -0.4 is 16.2 Å². The molecule has 0 spiro atoms. The van der Waals surface area contributed by atoms with Crippen molar-refractivity contribution in [3.63, 3.8) is 0 Å². The number of nitrogens with one attached hydrogen (secondary N) is 3. The van der Waals surface area contributed by atoms with E-state index in [1.165, 1.54) is 12.1 Å². The fourth-order valence-corrected chi connectivity index (χ4v) is 3.26. The Morgan fingerprint density at radius 2 is 1.88 bits per heavy atom. The molecule has 2 atom stereocenters. The largest absolute Gasteiger partial charge is 0.356 e. The van der Waals surface area contributed by atoms with Gasteiger partial charge in [-0.15, -0.1) is 0 Å². The summed E-state index contributed by atoms with van der Waals surface area (Å²) in [6.07, 6.45) is 4.88. The molecule has 26 heavy (non-hydrogen) atoms. The molecule has 1 amide bonds. The van der Waals surface area contributed by atoms with E-state index in [1.54, 1.807) is 18.3 Å². The Hall–Kier alpha value is -2.25. The summed E-state index contributed by atoms with van der Waals surface area (Å²) in [7, 11) is 0. The van der Waals surface area contributed by atoms with Gasteiger partial charge in [0.1, 0.15) is 5.82 Å². The molecule has 2 aromatic rings. The van der Waals surface area contributed by atoms with Gasteiger partial charge in [-0.3, -0.25) is 20.3 Å². The van der Waals surface area contributed by atoms with Crippen LogP contribution in [0.3, 0.4) is 0 Å². The standard InChI is InChI=1S/C19H26FN5O/c1-13-18(14(2)24-23-13)11-21-19(26)4-3-9-25-12-16(10-22-25)15-5-7-17(20)8-6-15/h5-8,10,12-14,18,23-24H,3-4,9,11H2,1-2H3,(H,21,26). The van der Waals surface area contributed by atoms with E-state index in [4.69, 9.17) is 0 Å².